The predicted octanol–water partition coefficient (Wildman–Crippen LogP) is 7.21. The van der Waals surface area contributed by atoms with Gasteiger partial charge in [0.25, 0.3) is 5.56 Å². The summed E-state index contributed by atoms with van der Waals surface area (Å²) in [5, 5.41) is 19.5. The number of halogens is 5. The van der Waals surface area contributed by atoms with Gasteiger partial charge in [0.2, 0.25) is 5.91 Å². The number of pyridine rings is 2. The fourth-order valence-corrected chi connectivity index (χ4v) is 7.64. The van der Waals surface area contributed by atoms with Crippen LogP contribution in [0.4, 0.5) is 14.5 Å². The molecule has 3 atom stereocenters. The Hall–Kier alpha value is -4.11. The maximum atomic E-state index is 15.6. The number of nitrogens with zero attached hydrogens (tertiary/aromatic N) is 6. The van der Waals surface area contributed by atoms with Crippen LogP contribution in [0.3, 0.4) is 0 Å². The monoisotopic (exact) mass is 716 g/mol. The minimum absolute atomic E-state index is 0.00711. The highest BCUT2D eigenvalue weighted by Crippen LogP contribution is 2.46. The van der Waals surface area contributed by atoms with Gasteiger partial charge in [-0.1, -0.05) is 55.2 Å². The lowest BCUT2D eigenvalue weighted by Crippen LogP contribution is -2.58. The standard InChI is InChI=1S/C34H33Cl3F2N6O3/c1-8-22(46)44-17(5)13-43(14-18(44)6)31-19-11-21(35)28(23-24(36)32(47)25(37)27(39)26(23)38)41-33(19)45(34(48)20(31)12-40)30-16(4)9-10-42(7)29(30)15(2)3/h8-11,15,17-18,29,47H,1,13-14H2,2-7H3/t17-,18+,29-/m1/s1. The zero-order valence-electron chi connectivity index (χ0n) is 27.1. The number of aromatic hydroxyl groups is 1. The molecule has 0 radical (unpaired) electrons. The molecule has 252 valence electrons. The molecule has 1 fully saturated rings. The summed E-state index contributed by atoms with van der Waals surface area (Å²) < 4.78 is 31.7. The van der Waals surface area contributed by atoms with Crippen LogP contribution >= 0.6 is 34.8 Å². The fraction of sp³-hybridized carbons (Fsp3) is 0.353. The van der Waals surface area contributed by atoms with Gasteiger partial charge in [-0.3, -0.25) is 14.2 Å². The predicted molar refractivity (Wildman–Crippen MR) is 185 cm³/mol. The van der Waals surface area contributed by atoms with Gasteiger partial charge < -0.3 is 19.8 Å². The van der Waals surface area contributed by atoms with Crippen molar-refractivity contribution in [3.8, 4) is 23.1 Å². The molecular weight excluding hydrogens is 685 g/mol. The molecule has 1 N–H and O–H groups in total. The smallest absolute Gasteiger partial charge is 0.276 e. The highest BCUT2D eigenvalue weighted by Gasteiger charge is 2.37. The van der Waals surface area contributed by atoms with Gasteiger partial charge in [-0.25, -0.2) is 13.8 Å². The van der Waals surface area contributed by atoms with E-state index in [0.29, 0.717) is 11.3 Å². The number of amides is 1. The van der Waals surface area contributed by atoms with Crippen LogP contribution in [0.2, 0.25) is 15.1 Å². The average molecular weight is 718 g/mol. The third-order valence-corrected chi connectivity index (χ3v) is 9.89. The minimum atomic E-state index is -1.56. The second kappa shape index (κ2) is 13.1. The number of carbonyl (C=O) groups excluding carboxylic acids is 1. The number of hydrogen-bond donors (Lipinski definition) is 1. The Morgan fingerprint density at radius 2 is 1.79 bits per heavy atom. The summed E-state index contributed by atoms with van der Waals surface area (Å²) in [4.78, 5) is 37.5. The van der Waals surface area contributed by atoms with Crippen molar-refractivity contribution in [3.63, 3.8) is 0 Å². The summed E-state index contributed by atoms with van der Waals surface area (Å²) in [5.41, 5.74) is -0.428. The third kappa shape index (κ3) is 5.50. The van der Waals surface area contributed by atoms with Crippen molar-refractivity contribution in [1.82, 2.24) is 19.4 Å². The van der Waals surface area contributed by atoms with Crippen LogP contribution in [-0.2, 0) is 4.79 Å². The van der Waals surface area contributed by atoms with Crippen molar-refractivity contribution in [2.24, 2.45) is 5.92 Å². The Balaban J connectivity index is 1.94. The molecule has 2 aliphatic heterocycles. The molecule has 0 spiro atoms. The Kier molecular flexibility index (Phi) is 9.58. The molecule has 2 aromatic heterocycles. The molecular formula is C34H33Cl3F2N6O3. The maximum absolute atomic E-state index is 15.6. The number of phenols is 1. The first-order valence-corrected chi connectivity index (χ1v) is 16.3. The average Bonchev–Trinajstić information content (AvgIpc) is 3.03. The largest absolute Gasteiger partial charge is 0.505 e. The first-order valence-electron chi connectivity index (χ1n) is 15.1. The van der Waals surface area contributed by atoms with Crippen LogP contribution in [-0.4, -0.2) is 68.6 Å². The number of piperazine rings is 1. The molecule has 14 heteroatoms. The van der Waals surface area contributed by atoms with Crippen LogP contribution in [0.15, 0.2) is 41.4 Å². The lowest BCUT2D eigenvalue weighted by atomic mass is 9.93. The number of hydrogen-bond acceptors (Lipinski definition) is 7. The van der Waals surface area contributed by atoms with Gasteiger partial charge in [0.1, 0.15) is 22.3 Å². The second-order valence-electron chi connectivity index (χ2n) is 12.4. The number of nitriles is 1. The van der Waals surface area contributed by atoms with Crippen molar-refractivity contribution in [2.45, 2.75) is 52.7 Å². The fourth-order valence-electron chi connectivity index (χ4n) is 6.90. The van der Waals surface area contributed by atoms with E-state index in [1.165, 1.54) is 16.7 Å². The summed E-state index contributed by atoms with van der Waals surface area (Å²) in [6.45, 7) is 13.6. The number of phenolic OH excluding ortho intramolecular Hbond substituents is 1. The number of fused-ring (bicyclic) bond motifs is 1. The molecule has 0 unspecified atom stereocenters. The molecule has 9 nitrogen and oxygen atoms in total. The van der Waals surface area contributed by atoms with E-state index in [-0.39, 0.29) is 76.0 Å². The lowest BCUT2D eigenvalue weighted by Gasteiger charge is -2.45. The highest BCUT2D eigenvalue weighted by atomic mass is 35.5. The first-order chi connectivity index (χ1) is 22.6. The molecule has 1 saturated heterocycles. The SMILES string of the molecule is C=CC(=O)N1[C@H](C)CN(c2c(C#N)c(=O)n(C3=C(C)C=CN(C)[C@@H]3C(C)C)c3nc(-c4c(F)c(F)c(Cl)c(O)c4Cl)c(Cl)cc23)C[C@@H]1C. The van der Waals surface area contributed by atoms with Gasteiger partial charge in [0, 0.05) is 37.6 Å². The summed E-state index contributed by atoms with van der Waals surface area (Å²) in [6, 6.07) is 2.48. The molecule has 2 aliphatic rings. The maximum Gasteiger partial charge on any atom is 0.276 e. The Labute approximate surface area is 291 Å². The highest BCUT2D eigenvalue weighted by molar-refractivity contribution is 6.40. The van der Waals surface area contributed by atoms with Crippen LogP contribution in [0.1, 0.15) is 40.2 Å². The second-order valence-corrected chi connectivity index (χ2v) is 13.6. The van der Waals surface area contributed by atoms with E-state index in [1.54, 1.807) is 4.90 Å². The van der Waals surface area contributed by atoms with Crippen molar-refractivity contribution in [1.29, 1.82) is 5.26 Å². The Morgan fingerprint density at radius 3 is 2.35 bits per heavy atom. The summed E-state index contributed by atoms with van der Waals surface area (Å²) in [6.07, 6.45) is 4.95. The number of benzene rings is 1. The van der Waals surface area contributed by atoms with E-state index in [0.717, 1.165) is 0 Å². The van der Waals surface area contributed by atoms with Crippen molar-refractivity contribution < 1.29 is 18.7 Å². The molecule has 5 rings (SSSR count). The number of allylic oxidation sites excluding steroid dienone is 2. The van der Waals surface area contributed by atoms with Crippen molar-refractivity contribution in [3.05, 3.63) is 79.2 Å². The molecule has 3 aromatic rings. The van der Waals surface area contributed by atoms with Gasteiger partial charge in [-0.15, -0.1) is 0 Å². The van der Waals surface area contributed by atoms with E-state index >= 15 is 4.39 Å². The Bertz CT molecular complexity index is 2010. The lowest BCUT2D eigenvalue weighted by molar-refractivity contribution is -0.130. The van der Waals surface area contributed by atoms with Crippen LogP contribution in [0.25, 0.3) is 28.0 Å². The van der Waals surface area contributed by atoms with E-state index in [2.05, 4.69) is 17.6 Å². The molecule has 48 heavy (non-hydrogen) atoms. The normalized spacial score (nSPS) is 19.8. The van der Waals surface area contributed by atoms with Gasteiger partial charge >= 0.3 is 0 Å². The number of likely N-dealkylation sites (N-methyl/N-ethyl adjacent to an activating group) is 1. The number of anilines is 1. The molecule has 1 aromatic carbocycles. The van der Waals surface area contributed by atoms with E-state index < -0.39 is 38.6 Å². The summed E-state index contributed by atoms with van der Waals surface area (Å²) in [5.74, 6) is -4.25. The quantitative estimate of drug-likeness (QED) is 0.169. The molecule has 0 saturated carbocycles. The van der Waals surface area contributed by atoms with Crippen molar-refractivity contribution >= 4 is 63.1 Å². The third-order valence-electron chi connectivity index (χ3n) is 8.88. The van der Waals surface area contributed by atoms with E-state index in [9.17, 15) is 24.3 Å². The zero-order valence-corrected chi connectivity index (χ0v) is 29.3. The first kappa shape index (κ1) is 35.2. The number of rotatable bonds is 5. The molecule has 0 aliphatic carbocycles. The van der Waals surface area contributed by atoms with Gasteiger partial charge in [0.15, 0.2) is 17.4 Å². The molecule has 1 amide bonds. The van der Waals surface area contributed by atoms with E-state index in [1.807, 2.05) is 63.7 Å². The van der Waals surface area contributed by atoms with Crippen LogP contribution < -0.4 is 10.5 Å². The van der Waals surface area contributed by atoms with Gasteiger partial charge in [0.05, 0.1) is 38.7 Å². The Morgan fingerprint density at radius 1 is 1.17 bits per heavy atom. The summed E-state index contributed by atoms with van der Waals surface area (Å²) in [7, 11) is 1.86. The number of aromatic nitrogens is 2. The van der Waals surface area contributed by atoms with Crippen LogP contribution in [0, 0.1) is 28.9 Å². The van der Waals surface area contributed by atoms with E-state index in [4.69, 9.17) is 34.8 Å². The number of carbonyl (C=O) groups is 1. The summed E-state index contributed by atoms with van der Waals surface area (Å²) >= 11 is 18.9. The van der Waals surface area contributed by atoms with Crippen LogP contribution in [0.5, 0.6) is 5.75 Å². The van der Waals surface area contributed by atoms with Crippen molar-refractivity contribution in [2.75, 3.05) is 25.0 Å². The topological polar surface area (TPSA) is 106 Å². The van der Waals surface area contributed by atoms with Gasteiger partial charge in [-0.2, -0.15) is 5.26 Å². The van der Waals surface area contributed by atoms with Gasteiger partial charge in [-0.05, 0) is 56.7 Å². The molecule has 4 heterocycles. The minimum Gasteiger partial charge on any atom is -0.505 e. The molecule has 0 bridgehead atoms. The zero-order chi connectivity index (χ0) is 35.5.